The number of rotatable bonds is 5. The molecule has 104 valence electrons. The number of ether oxygens (including phenoxy) is 1. The Labute approximate surface area is 109 Å². The zero-order chi connectivity index (χ0) is 13.9. The molecule has 0 aliphatic rings. The van der Waals surface area contributed by atoms with E-state index < -0.39 is 0 Å². The first kappa shape index (κ1) is 15.1. The standard InChI is InChI=1S/C13H25N3O2/c1-7-17-9(8(2)3)11-15-12(18-16-11)10(14)13(4,5)6/h8-10H,7,14H2,1-6H3/t9?,10-/m1/s1. The van der Waals surface area contributed by atoms with Crippen molar-refractivity contribution in [2.75, 3.05) is 6.61 Å². The van der Waals surface area contributed by atoms with Gasteiger partial charge in [0.15, 0.2) is 0 Å². The van der Waals surface area contributed by atoms with Crippen molar-refractivity contribution in [2.24, 2.45) is 17.1 Å². The molecule has 0 saturated heterocycles. The third-order valence-corrected chi connectivity index (χ3v) is 2.86. The first-order valence-corrected chi connectivity index (χ1v) is 6.48. The van der Waals surface area contributed by atoms with Crippen molar-refractivity contribution in [2.45, 2.75) is 53.7 Å². The highest BCUT2D eigenvalue weighted by molar-refractivity contribution is 4.99. The lowest BCUT2D eigenvalue weighted by atomic mass is 9.87. The van der Waals surface area contributed by atoms with Crippen LogP contribution < -0.4 is 5.73 Å². The molecule has 0 radical (unpaired) electrons. The summed E-state index contributed by atoms with van der Waals surface area (Å²) in [5, 5.41) is 4.00. The summed E-state index contributed by atoms with van der Waals surface area (Å²) in [6.45, 7) is 12.9. The molecule has 1 rings (SSSR count). The number of nitrogens with two attached hydrogens (primary N) is 1. The number of nitrogens with zero attached hydrogens (tertiary/aromatic N) is 2. The summed E-state index contributed by atoms with van der Waals surface area (Å²) in [6, 6.07) is -0.270. The van der Waals surface area contributed by atoms with Crippen molar-refractivity contribution in [3.8, 4) is 0 Å². The van der Waals surface area contributed by atoms with Crippen molar-refractivity contribution in [3.05, 3.63) is 11.7 Å². The Hall–Kier alpha value is -0.940. The van der Waals surface area contributed by atoms with Gasteiger partial charge in [-0.3, -0.25) is 0 Å². The van der Waals surface area contributed by atoms with Crippen LogP contribution in [-0.4, -0.2) is 16.7 Å². The monoisotopic (exact) mass is 255 g/mol. The van der Waals surface area contributed by atoms with E-state index >= 15 is 0 Å². The Morgan fingerprint density at radius 2 is 1.94 bits per heavy atom. The van der Waals surface area contributed by atoms with E-state index in [1.54, 1.807) is 0 Å². The molecule has 1 unspecified atom stereocenters. The van der Waals surface area contributed by atoms with E-state index in [9.17, 15) is 0 Å². The lowest BCUT2D eigenvalue weighted by Crippen LogP contribution is -2.26. The average Bonchev–Trinajstić information content (AvgIpc) is 2.71. The molecule has 0 aliphatic carbocycles. The zero-order valence-corrected chi connectivity index (χ0v) is 12.2. The predicted molar refractivity (Wildman–Crippen MR) is 69.9 cm³/mol. The van der Waals surface area contributed by atoms with Gasteiger partial charge in [0.2, 0.25) is 11.7 Å². The van der Waals surface area contributed by atoms with Crippen LogP contribution in [0, 0.1) is 11.3 Å². The number of hydrogen-bond donors (Lipinski definition) is 1. The number of aromatic nitrogens is 2. The van der Waals surface area contributed by atoms with E-state index in [1.165, 1.54) is 0 Å². The third-order valence-electron chi connectivity index (χ3n) is 2.86. The fraction of sp³-hybridized carbons (Fsp3) is 0.846. The molecule has 0 spiro atoms. The van der Waals surface area contributed by atoms with Crippen LogP contribution in [0.4, 0.5) is 0 Å². The summed E-state index contributed by atoms with van der Waals surface area (Å²) in [4.78, 5) is 4.39. The normalized spacial score (nSPS) is 16.0. The Balaban J connectivity index is 2.91. The lowest BCUT2D eigenvalue weighted by Gasteiger charge is -2.23. The third kappa shape index (κ3) is 3.53. The minimum Gasteiger partial charge on any atom is -0.370 e. The second-order valence-corrected chi connectivity index (χ2v) is 5.95. The summed E-state index contributed by atoms with van der Waals surface area (Å²) in [5.41, 5.74) is 5.99. The quantitative estimate of drug-likeness (QED) is 0.875. The van der Waals surface area contributed by atoms with E-state index in [-0.39, 0.29) is 17.6 Å². The highest BCUT2D eigenvalue weighted by atomic mass is 16.5. The average molecular weight is 255 g/mol. The summed E-state index contributed by atoms with van der Waals surface area (Å²) in [6.07, 6.45) is -0.139. The highest BCUT2D eigenvalue weighted by Gasteiger charge is 2.29. The molecule has 18 heavy (non-hydrogen) atoms. The topological polar surface area (TPSA) is 74.2 Å². The lowest BCUT2D eigenvalue weighted by molar-refractivity contribution is 0.0217. The molecular formula is C13H25N3O2. The van der Waals surface area contributed by atoms with Crippen LogP contribution in [0.3, 0.4) is 0 Å². The van der Waals surface area contributed by atoms with Gasteiger partial charge in [-0.05, 0) is 18.3 Å². The van der Waals surface area contributed by atoms with Crippen LogP contribution in [0.25, 0.3) is 0 Å². The zero-order valence-electron chi connectivity index (χ0n) is 12.2. The van der Waals surface area contributed by atoms with Crippen LogP contribution in [-0.2, 0) is 4.74 Å². The van der Waals surface area contributed by atoms with Gasteiger partial charge in [-0.15, -0.1) is 0 Å². The SMILES string of the molecule is CCOC(c1noc([C@@H](N)C(C)(C)C)n1)C(C)C. The van der Waals surface area contributed by atoms with Gasteiger partial charge in [-0.25, -0.2) is 0 Å². The maximum absolute atomic E-state index is 6.10. The van der Waals surface area contributed by atoms with Crippen LogP contribution in [0.1, 0.15) is 65.4 Å². The van der Waals surface area contributed by atoms with Crippen LogP contribution in [0.15, 0.2) is 4.52 Å². The Morgan fingerprint density at radius 1 is 1.33 bits per heavy atom. The van der Waals surface area contributed by atoms with Crippen LogP contribution in [0.5, 0.6) is 0 Å². The van der Waals surface area contributed by atoms with Gasteiger partial charge < -0.3 is 15.0 Å². The van der Waals surface area contributed by atoms with Crippen molar-refractivity contribution < 1.29 is 9.26 Å². The minimum absolute atomic E-state index is 0.108. The second kappa shape index (κ2) is 5.80. The van der Waals surface area contributed by atoms with Gasteiger partial charge in [0.1, 0.15) is 6.10 Å². The van der Waals surface area contributed by atoms with Gasteiger partial charge in [0, 0.05) is 6.61 Å². The van der Waals surface area contributed by atoms with Gasteiger partial charge >= 0.3 is 0 Å². The van der Waals surface area contributed by atoms with E-state index in [1.807, 2.05) is 27.7 Å². The van der Waals surface area contributed by atoms with Crippen molar-refractivity contribution >= 4 is 0 Å². The molecular weight excluding hydrogens is 230 g/mol. The Bertz CT molecular complexity index is 369. The number of hydrogen-bond acceptors (Lipinski definition) is 5. The molecule has 5 nitrogen and oxygen atoms in total. The molecule has 1 aromatic rings. The maximum atomic E-state index is 6.10. The summed E-state index contributed by atoms with van der Waals surface area (Å²) in [7, 11) is 0. The molecule has 0 amide bonds. The van der Waals surface area contributed by atoms with E-state index in [2.05, 4.69) is 24.0 Å². The maximum Gasteiger partial charge on any atom is 0.244 e. The fourth-order valence-electron chi connectivity index (χ4n) is 1.60. The molecule has 1 aromatic heterocycles. The molecule has 0 aliphatic heterocycles. The first-order valence-electron chi connectivity index (χ1n) is 6.48. The molecule has 2 N–H and O–H groups in total. The molecule has 2 atom stereocenters. The molecule has 0 saturated carbocycles. The van der Waals surface area contributed by atoms with Crippen LogP contribution >= 0.6 is 0 Å². The predicted octanol–water partition coefficient (Wildman–Crippen LogP) is 2.85. The smallest absolute Gasteiger partial charge is 0.244 e. The molecule has 0 fully saturated rings. The second-order valence-electron chi connectivity index (χ2n) is 5.95. The van der Waals surface area contributed by atoms with Crippen molar-refractivity contribution in [3.63, 3.8) is 0 Å². The van der Waals surface area contributed by atoms with Crippen LogP contribution in [0.2, 0.25) is 0 Å². The Morgan fingerprint density at radius 3 is 2.39 bits per heavy atom. The van der Waals surface area contributed by atoms with Crippen molar-refractivity contribution in [1.82, 2.24) is 10.1 Å². The van der Waals surface area contributed by atoms with E-state index in [0.29, 0.717) is 24.2 Å². The van der Waals surface area contributed by atoms with E-state index in [0.717, 1.165) is 0 Å². The fourth-order valence-corrected chi connectivity index (χ4v) is 1.60. The highest BCUT2D eigenvalue weighted by Crippen LogP contribution is 2.31. The van der Waals surface area contributed by atoms with Gasteiger partial charge in [0.25, 0.3) is 0 Å². The summed E-state index contributed by atoms with van der Waals surface area (Å²) in [5.74, 6) is 1.35. The molecule has 0 aromatic carbocycles. The molecule has 5 heteroatoms. The van der Waals surface area contributed by atoms with E-state index in [4.69, 9.17) is 15.0 Å². The van der Waals surface area contributed by atoms with Gasteiger partial charge in [-0.2, -0.15) is 4.98 Å². The van der Waals surface area contributed by atoms with Gasteiger partial charge in [0.05, 0.1) is 6.04 Å². The van der Waals surface area contributed by atoms with Crippen molar-refractivity contribution in [1.29, 1.82) is 0 Å². The molecule has 1 heterocycles. The summed E-state index contributed by atoms with van der Waals surface area (Å²) >= 11 is 0. The summed E-state index contributed by atoms with van der Waals surface area (Å²) < 4.78 is 10.9. The largest absolute Gasteiger partial charge is 0.370 e. The first-order chi connectivity index (χ1) is 8.27. The van der Waals surface area contributed by atoms with Gasteiger partial charge in [-0.1, -0.05) is 39.8 Å². The minimum atomic E-state index is -0.270. The molecule has 0 bridgehead atoms. The Kier molecular flexibility index (Phi) is 4.87.